The predicted molar refractivity (Wildman–Crippen MR) is 99.2 cm³/mol. The molecule has 4 nitrogen and oxygen atoms in total. The fourth-order valence-corrected chi connectivity index (χ4v) is 3.25. The Hall–Kier alpha value is -2.69. The van der Waals surface area contributed by atoms with E-state index in [0.717, 1.165) is 16.7 Å². The Morgan fingerprint density at radius 2 is 1.81 bits per heavy atom. The highest BCUT2D eigenvalue weighted by molar-refractivity contribution is 5.97. The Balaban J connectivity index is 2.22. The third kappa shape index (κ3) is 3.47. The molecule has 0 saturated carbocycles. The van der Waals surface area contributed by atoms with Crippen molar-refractivity contribution in [1.82, 2.24) is 4.90 Å². The van der Waals surface area contributed by atoms with Gasteiger partial charge in [-0.25, -0.2) is 4.39 Å². The van der Waals surface area contributed by atoms with Crippen LogP contribution in [0, 0.1) is 18.2 Å². The Kier molecular flexibility index (Phi) is 4.57. The average Bonchev–Trinajstić information content (AvgIpc) is 2.70. The van der Waals surface area contributed by atoms with Gasteiger partial charge >= 0.3 is 0 Å². The summed E-state index contributed by atoms with van der Waals surface area (Å²) in [7, 11) is 0. The first kappa shape index (κ1) is 18.1. The van der Waals surface area contributed by atoms with Crippen LogP contribution in [0.25, 0.3) is 0 Å². The Morgan fingerprint density at radius 3 is 2.42 bits per heavy atom. The Labute approximate surface area is 153 Å². The molecule has 1 aliphatic rings. The fourth-order valence-electron chi connectivity index (χ4n) is 3.25. The molecular weight excluding hydrogens is 331 g/mol. The van der Waals surface area contributed by atoms with Crippen LogP contribution in [-0.2, 0) is 9.59 Å². The number of nitrogens with zero attached hydrogens (tertiary/aromatic N) is 1. The third-order valence-corrected chi connectivity index (χ3v) is 4.49. The maximum absolute atomic E-state index is 13.5. The number of halogens is 1. The minimum absolute atomic E-state index is 0.0497. The van der Waals surface area contributed by atoms with Crippen molar-refractivity contribution in [2.75, 3.05) is 11.9 Å². The van der Waals surface area contributed by atoms with E-state index in [1.807, 2.05) is 45.9 Å². The van der Waals surface area contributed by atoms with Gasteiger partial charge in [0, 0.05) is 16.7 Å². The van der Waals surface area contributed by atoms with E-state index in [1.165, 1.54) is 12.1 Å². The number of hydrogen-bond acceptors (Lipinski definition) is 2. The lowest BCUT2D eigenvalue weighted by Crippen LogP contribution is -2.44. The Bertz CT molecular complexity index is 853. The van der Waals surface area contributed by atoms with Crippen molar-refractivity contribution in [2.24, 2.45) is 5.41 Å². The van der Waals surface area contributed by atoms with Crippen LogP contribution in [-0.4, -0.2) is 23.3 Å². The summed E-state index contributed by atoms with van der Waals surface area (Å²) in [5.74, 6) is -0.705. The van der Waals surface area contributed by atoms with Gasteiger partial charge < -0.3 is 10.2 Å². The number of hydrogen-bond donors (Lipinski definition) is 1. The van der Waals surface area contributed by atoms with Crippen LogP contribution in [0.3, 0.4) is 0 Å². The second kappa shape index (κ2) is 6.56. The molecule has 1 unspecified atom stereocenters. The molecule has 0 radical (unpaired) electrons. The van der Waals surface area contributed by atoms with Crippen molar-refractivity contribution < 1.29 is 14.0 Å². The highest BCUT2D eigenvalue weighted by atomic mass is 19.1. The normalized spacial score (nSPS) is 17.3. The van der Waals surface area contributed by atoms with Crippen molar-refractivity contribution in [3.05, 3.63) is 65.0 Å². The SMILES string of the molecule is Cc1ccc2c(c1)C(c1ccc(F)cc1)N(C(=O)C(C)(C)C)CC(=O)N2. The smallest absolute Gasteiger partial charge is 0.244 e. The molecule has 0 aliphatic carbocycles. The average molecular weight is 354 g/mol. The second-order valence-electron chi connectivity index (χ2n) is 7.78. The van der Waals surface area contributed by atoms with Gasteiger partial charge in [-0.15, -0.1) is 0 Å². The van der Waals surface area contributed by atoms with E-state index >= 15 is 0 Å². The number of aryl methyl sites for hydroxylation is 1. The van der Waals surface area contributed by atoms with Gasteiger partial charge in [-0.3, -0.25) is 9.59 Å². The van der Waals surface area contributed by atoms with E-state index in [-0.39, 0.29) is 24.2 Å². The number of carbonyl (C=O) groups is 2. The number of carbonyl (C=O) groups excluding carboxylic acids is 2. The van der Waals surface area contributed by atoms with Crippen LogP contribution >= 0.6 is 0 Å². The highest BCUT2D eigenvalue weighted by Gasteiger charge is 2.37. The molecule has 0 bridgehead atoms. The summed E-state index contributed by atoms with van der Waals surface area (Å²) in [5, 5.41) is 2.89. The highest BCUT2D eigenvalue weighted by Crippen LogP contribution is 2.38. The van der Waals surface area contributed by atoms with E-state index in [9.17, 15) is 14.0 Å². The van der Waals surface area contributed by atoms with Crippen molar-refractivity contribution in [1.29, 1.82) is 0 Å². The zero-order chi connectivity index (χ0) is 19.1. The zero-order valence-corrected chi connectivity index (χ0v) is 15.5. The molecule has 1 N–H and O–H groups in total. The number of amides is 2. The van der Waals surface area contributed by atoms with E-state index < -0.39 is 11.5 Å². The summed E-state index contributed by atoms with van der Waals surface area (Å²) in [6, 6.07) is 11.4. The van der Waals surface area contributed by atoms with Gasteiger partial charge in [0.2, 0.25) is 11.8 Å². The topological polar surface area (TPSA) is 49.4 Å². The maximum Gasteiger partial charge on any atom is 0.244 e. The van der Waals surface area contributed by atoms with E-state index in [2.05, 4.69) is 5.32 Å². The van der Waals surface area contributed by atoms with Crippen LogP contribution in [0.2, 0.25) is 0 Å². The zero-order valence-electron chi connectivity index (χ0n) is 15.5. The van der Waals surface area contributed by atoms with E-state index in [4.69, 9.17) is 0 Å². The molecular formula is C21H23FN2O2. The maximum atomic E-state index is 13.5. The molecule has 26 heavy (non-hydrogen) atoms. The Morgan fingerprint density at radius 1 is 1.15 bits per heavy atom. The van der Waals surface area contributed by atoms with E-state index in [1.54, 1.807) is 17.0 Å². The lowest BCUT2D eigenvalue weighted by molar-refractivity contribution is -0.143. The summed E-state index contributed by atoms with van der Waals surface area (Å²) in [6.45, 7) is 7.40. The van der Waals surface area contributed by atoms with Gasteiger partial charge in [-0.05, 0) is 30.7 Å². The molecule has 1 heterocycles. The summed E-state index contributed by atoms with van der Waals surface area (Å²) < 4.78 is 13.5. The first-order valence-corrected chi connectivity index (χ1v) is 8.64. The summed E-state index contributed by atoms with van der Waals surface area (Å²) in [5.41, 5.74) is 2.66. The summed E-state index contributed by atoms with van der Waals surface area (Å²) in [6.07, 6.45) is 0. The molecule has 2 aromatic rings. The van der Waals surface area contributed by atoms with Crippen LogP contribution in [0.15, 0.2) is 42.5 Å². The predicted octanol–water partition coefficient (Wildman–Crippen LogP) is 4.05. The quantitative estimate of drug-likeness (QED) is 0.840. The standard InChI is InChI=1S/C21H23FN2O2/c1-13-5-10-17-16(11-13)19(14-6-8-15(22)9-7-14)24(12-18(25)23-17)20(26)21(2,3)4/h5-11,19H,12H2,1-4H3,(H,23,25). The monoisotopic (exact) mass is 354 g/mol. The molecule has 2 amide bonds. The fraction of sp³-hybridized carbons (Fsp3) is 0.333. The number of benzene rings is 2. The molecule has 1 atom stereocenters. The van der Waals surface area contributed by atoms with Crippen LogP contribution in [0.5, 0.6) is 0 Å². The number of nitrogens with one attached hydrogen (secondary N) is 1. The molecule has 136 valence electrons. The molecule has 0 aromatic heterocycles. The lowest BCUT2D eigenvalue weighted by atomic mass is 9.90. The first-order chi connectivity index (χ1) is 12.2. The van der Waals surface area contributed by atoms with Crippen LogP contribution in [0.1, 0.15) is 43.5 Å². The lowest BCUT2D eigenvalue weighted by Gasteiger charge is -2.35. The summed E-state index contributed by atoms with van der Waals surface area (Å²) in [4.78, 5) is 27.2. The number of rotatable bonds is 1. The van der Waals surface area contributed by atoms with E-state index in [0.29, 0.717) is 5.69 Å². The van der Waals surface area contributed by atoms with Gasteiger partial charge in [0.05, 0.1) is 6.04 Å². The van der Waals surface area contributed by atoms with Crippen molar-refractivity contribution in [3.63, 3.8) is 0 Å². The number of fused-ring (bicyclic) bond motifs is 1. The molecule has 2 aromatic carbocycles. The molecule has 3 rings (SSSR count). The largest absolute Gasteiger partial charge is 0.324 e. The van der Waals surface area contributed by atoms with Gasteiger partial charge in [0.25, 0.3) is 0 Å². The molecule has 0 saturated heterocycles. The molecule has 5 heteroatoms. The minimum atomic E-state index is -0.646. The second-order valence-corrected chi connectivity index (χ2v) is 7.78. The van der Waals surface area contributed by atoms with Crippen LogP contribution in [0.4, 0.5) is 10.1 Å². The molecule has 0 fully saturated rings. The van der Waals surface area contributed by atoms with Gasteiger partial charge in [-0.1, -0.05) is 50.6 Å². The van der Waals surface area contributed by atoms with Gasteiger partial charge in [0.1, 0.15) is 12.4 Å². The number of anilines is 1. The third-order valence-electron chi connectivity index (χ3n) is 4.49. The van der Waals surface area contributed by atoms with Crippen molar-refractivity contribution in [3.8, 4) is 0 Å². The summed E-state index contributed by atoms with van der Waals surface area (Å²) >= 11 is 0. The first-order valence-electron chi connectivity index (χ1n) is 8.64. The van der Waals surface area contributed by atoms with Gasteiger partial charge in [-0.2, -0.15) is 0 Å². The molecule has 0 spiro atoms. The van der Waals surface area contributed by atoms with Gasteiger partial charge in [0.15, 0.2) is 0 Å². The minimum Gasteiger partial charge on any atom is -0.324 e. The van der Waals surface area contributed by atoms with Crippen molar-refractivity contribution >= 4 is 17.5 Å². The van der Waals surface area contributed by atoms with Crippen LogP contribution < -0.4 is 5.32 Å². The van der Waals surface area contributed by atoms with Crippen molar-refractivity contribution in [2.45, 2.75) is 33.7 Å². The molecule has 1 aliphatic heterocycles.